The summed E-state index contributed by atoms with van der Waals surface area (Å²) in [7, 11) is 0. The maximum atomic E-state index is 13.4. The fraction of sp³-hybridized carbons (Fsp3) is 0.357. The van der Waals surface area contributed by atoms with Crippen molar-refractivity contribution in [3.05, 3.63) is 45.9 Å². The van der Waals surface area contributed by atoms with Gasteiger partial charge in [-0.05, 0) is 12.1 Å². The lowest BCUT2D eigenvalue weighted by atomic mass is 9.98. The van der Waals surface area contributed by atoms with E-state index in [1.165, 1.54) is 12.1 Å². The van der Waals surface area contributed by atoms with Crippen LogP contribution in [-0.2, 0) is 12.0 Å². The Morgan fingerprint density at radius 1 is 1.26 bits per heavy atom. The molecular formula is C14H16F2N2S. The predicted octanol–water partition coefficient (Wildman–Crippen LogP) is 4.33. The predicted molar refractivity (Wildman–Crippen MR) is 74.5 cm³/mol. The molecule has 1 aromatic heterocycles. The summed E-state index contributed by atoms with van der Waals surface area (Å²) >= 11 is 1.60. The van der Waals surface area contributed by atoms with Crippen molar-refractivity contribution in [3.63, 3.8) is 0 Å². The van der Waals surface area contributed by atoms with E-state index in [0.717, 1.165) is 16.0 Å². The fourth-order valence-corrected chi connectivity index (χ4v) is 2.46. The summed E-state index contributed by atoms with van der Waals surface area (Å²) in [5.41, 5.74) is 0.316. The first-order valence-corrected chi connectivity index (χ1v) is 6.82. The molecule has 0 aliphatic rings. The van der Waals surface area contributed by atoms with Crippen LogP contribution in [0.2, 0.25) is 0 Å². The first-order valence-electron chi connectivity index (χ1n) is 6.00. The van der Waals surface area contributed by atoms with Crippen molar-refractivity contribution in [3.8, 4) is 0 Å². The summed E-state index contributed by atoms with van der Waals surface area (Å²) in [5, 5.41) is 4.00. The SMILES string of the molecule is CC(C)(C)c1ncc(CNc2ccc(F)cc2F)s1. The molecule has 0 aliphatic heterocycles. The van der Waals surface area contributed by atoms with Crippen molar-refractivity contribution in [2.45, 2.75) is 32.7 Å². The fourth-order valence-electron chi connectivity index (χ4n) is 1.55. The van der Waals surface area contributed by atoms with Crippen LogP contribution in [0.15, 0.2) is 24.4 Å². The van der Waals surface area contributed by atoms with E-state index < -0.39 is 11.6 Å². The molecule has 0 unspecified atom stereocenters. The van der Waals surface area contributed by atoms with Crippen molar-refractivity contribution in [1.82, 2.24) is 4.98 Å². The normalized spacial score (nSPS) is 11.6. The summed E-state index contributed by atoms with van der Waals surface area (Å²) < 4.78 is 26.2. The number of halogens is 2. The molecule has 0 atom stereocenters. The van der Waals surface area contributed by atoms with E-state index in [2.05, 4.69) is 31.1 Å². The van der Waals surface area contributed by atoms with E-state index in [-0.39, 0.29) is 5.41 Å². The van der Waals surface area contributed by atoms with Gasteiger partial charge < -0.3 is 5.32 Å². The summed E-state index contributed by atoms with van der Waals surface area (Å²) in [4.78, 5) is 5.38. The molecule has 1 aromatic carbocycles. The largest absolute Gasteiger partial charge is 0.378 e. The van der Waals surface area contributed by atoms with Crippen LogP contribution in [0.25, 0.3) is 0 Å². The van der Waals surface area contributed by atoms with Gasteiger partial charge in [-0.2, -0.15) is 0 Å². The van der Waals surface area contributed by atoms with Gasteiger partial charge in [0.15, 0.2) is 0 Å². The highest BCUT2D eigenvalue weighted by Crippen LogP contribution is 2.27. The van der Waals surface area contributed by atoms with Crippen molar-refractivity contribution in [2.75, 3.05) is 5.32 Å². The molecule has 0 spiro atoms. The van der Waals surface area contributed by atoms with E-state index in [4.69, 9.17) is 0 Å². The molecule has 1 N–H and O–H groups in total. The van der Waals surface area contributed by atoms with Crippen LogP contribution in [0.5, 0.6) is 0 Å². The average Bonchev–Trinajstić information content (AvgIpc) is 2.76. The van der Waals surface area contributed by atoms with Gasteiger partial charge in [-0.1, -0.05) is 20.8 Å². The van der Waals surface area contributed by atoms with Gasteiger partial charge >= 0.3 is 0 Å². The minimum absolute atomic E-state index is 0.0179. The highest BCUT2D eigenvalue weighted by atomic mass is 32.1. The van der Waals surface area contributed by atoms with Crippen molar-refractivity contribution in [1.29, 1.82) is 0 Å². The smallest absolute Gasteiger partial charge is 0.149 e. The van der Waals surface area contributed by atoms with Crippen molar-refractivity contribution in [2.24, 2.45) is 0 Å². The molecule has 0 amide bonds. The van der Waals surface area contributed by atoms with E-state index in [9.17, 15) is 8.78 Å². The lowest BCUT2D eigenvalue weighted by Gasteiger charge is -2.13. The molecule has 1 heterocycles. The highest BCUT2D eigenvalue weighted by molar-refractivity contribution is 7.11. The van der Waals surface area contributed by atoms with Crippen LogP contribution in [0.4, 0.5) is 14.5 Å². The third-order valence-electron chi connectivity index (χ3n) is 2.58. The molecular weight excluding hydrogens is 266 g/mol. The number of aromatic nitrogens is 1. The zero-order chi connectivity index (χ0) is 14.0. The molecule has 2 nitrogen and oxygen atoms in total. The van der Waals surface area contributed by atoms with E-state index >= 15 is 0 Å². The van der Waals surface area contributed by atoms with Gasteiger partial charge in [-0.25, -0.2) is 13.8 Å². The molecule has 0 bridgehead atoms. The van der Waals surface area contributed by atoms with Crippen LogP contribution >= 0.6 is 11.3 Å². The van der Waals surface area contributed by atoms with Crippen LogP contribution in [0.1, 0.15) is 30.7 Å². The summed E-state index contributed by atoms with van der Waals surface area (Å²) in [6.07, 6.45) is 1.79. The zero-order valence-electron chi connectivity index (χ0n) is 11.1. The first-order chi connectivity index (χ1) is 8.86. The standard InChI is InChI=1S/C14H16F2N2S/c1-14(2,3)13-18-8-10(19-13)7-17-12-5-4-9(15)6-11(12)16/h4-6,8,17H,7H2,1-3H3. The maximum Gasteiger partial charge on any atom is 0.149 e. The Kier molecular flexibility index (Phi) is 3.85. The summed E-state index contributed by atoms with van der Waals surface area (Å²) in [5.74, 6) is -1.16. The van der Waals surface area contributed by atoms with Crippen molar-refractivity contribution < 1.29 is 8.78 Å². The van der Waals surface area contributed by atoms with Crippen LogP contribution in [0, 0.1) is 11.6 Å². The Morgan fingerprint density at radius 3 is 2.58 bits per heavy atom. The van der Waals surface area contributed by atoms with Gasteiger partial charge in [0, 0.05) is 22.6 Å². The quantitative estimate of drug-likeness (QED) is 0.906. The molecule has 0 aliphatic carbocycles. The Morgan fingerprint density at radius 2 is 2.00 bits per heavy atom. The van der Waals surface area contributed by atoms with E-state index in [1.54, 1.807) is 17.5 Å². The Hall–Kier alpha value is -1.49. The number of hydrogen-bond donors (Lipinski definition) is 1. The topological polar surface area (TPSA) is 24.9 Å². The second kappa shape index (κ2) is 5.25. The first kappa shape index (κ1) is 13.9. The van der Waals surface area contributed by atoms with Gasteiger partial charge in [0.25, 0.3) is 0 Å². The number of benzene rings is 1. The van der Waals surface area contributed by atoms with E-state index in [0.29, 0.717) is 12.2 Å². The molecule has 0 saturated heterocycles. The lowest BCUT2D eigenvalue weighted by molar-refractivity contribution is 0.585. The molecule has 2 aromatic rings. The van der Waals surface area contributed by atoms with Gasteiger partial charge in [0.2, 0.25) is 0 Å². The van der Waals surface area contributed by atoms with Crippen LogP contribution < -0.4 is 5.32 Å². The zero-order valence-corrected chi connectivity index (χ0v) is 11.9. The van der Waals surface area contributed by atoms with Gasteiger partial charge in [-0.3, -0.25) is 0 Å². The Labute approximate surface area is 115 Å². The monoisotopic (exact) mass is 282 g/mol. The van der Waals surface area contributed by atoms with Crippen molar-refractivity contribution >= 4 is 17.0 Å². The molecule has 102 valence electrons. The van der Waals surface area contributed by atoms with Crippen LogP contribution in [0.3, 0.4) is 0 Å². The second-order valence-corrected chi connectivity index (χ2v) is 6.47. The number of thiazole rings is 1. The number of nitrogens with one attached hydrogen (secondary N) is 1. The van der Waals surface area contributed by atoms with E-state index in [1.807, 2.05) is 0 Å². The molecule has 19 heavy (non-hydrogen) atoms. The van der Waals surface area contributed by atoms with Gasteiger partial charge in [0.05, 0.1) is 17.2 Å². The van der Waals surface area contributed by atoms with Gasteiger partial charge in [-0.15, -0.1) is 11.3 Å². The number of nitrogens with zero attached hydrogens (tertiary/aromatic N) is 1. The van der Waals surface area contributed by atoms with Gasteiger partial charge in [0.1, 0.15) is 11.6 Å². The summed E-state index contributed by atoms with van der Waals surface area (Å²) in [6, 6.07) is 3.50. The number of rotatable bonds is 3. The molecule has 0 saturated carbocycles. The summed E-state index contributed by atoms with van der Waals surface area (Å²) in [6.45, 7) is 6.78. The Balaban J connectivity index is 2.04. The third kappa shape index (κ3) is 3.50. The molecule has 0 radical (unpaired) electrons. The highest BCUT2D eigenvalue weighted by Gasteiger charge is 2.17. The Bertz CT molecular complexity index is 573. The van der Waals surface area contributed by atoms with Crippen LogP contribution in [-0.4, -0.2) is 4.98 Å². The maximum absolute atomic E-state index is 13.4. The minimum Gasteiger partial charge on any atom is -0.378 e. The third-order valence-corrected chi connectivity index (χ3v) is 4.00. The average molecular weight is 282 g/mol. The number of anilines is 1. The minimum atomic E-state index is -0.583. The molecule has 0 fully saturated rings. The lowest BCUT2D eigenvalue weighted by Crippen LogP contribution is -2.09. The number of hydrogen-bond acceptors (Lipinski definition) is 3. The molecule has 2 rings (SSSR count). The second-order valence-electron chi connectivity index (χ2n) is 5.36. The molecule has 5 heteroatoms.